The van der Waals surface area contributed by atoms with Gasteiger partial charge in [-0.3, -0.25) is 9.79 Å². The lowest BCUT2D eigenvalue weighted by atomic mass is 9.76. The molecule has 0 saturated heterocycles. The Bertz CT molecular complexity index is 1070. The van der Waals surface area contributed by atoms with Gasteiger partial charge in [0.15, 0.2) is 19.9 Å². The van der Waals surface area contributed by atoms with E-state index in [9.17, 15) is 4.79 Å². The van der Waals surface area contributed by atoms with Gasteiger partial charge in [0, 0.05) is 25.3 Å². The molecule has 1 aromatic heterocycles. The summed E-state index contributed by atoms with van der Waals surface area (Å²) in [6, 6.07) is 9.69. The molecule has 0 saturated carbocycles. The van der Waals surface area contributed by atoms with Gasteiger partial charge in [-0.2, -0.15) is 0 Å². The monoisotopic (exact) mass is 467 g/mol. The SMILES string of the molecule is COCC1Cn2c(nc(C)c2C)C2=N[C@H](c3ccccc3)[C@@H](O[Si](C)(C)C(C)(C)C)C(=O)C21. The van der Waals surface area contributed by atoms with Gasteiger partial charge in [-0.15, -0.1) is 0 Å². The fraction of sp³-hybridized carbons (Fsp3) is 0.577. The van der Waals surface area contributed by atoms with Gasteiger partial charge in [-0.25, -0.2) is 4.98 Å². The largest absolute Gasteiger partial charge is 0.404 e. The molecule has 2 aliphatic rings. The quantitative estimate of drug-likeness (QED) is 0.587. The molecule has 2 aromatic rings. The number of rotatable bonds is 5. The smallest absolute Gasteiger partial charge is 0.193 e. The highest BCUT2D eigenvalue weighted by atomic mass is 28.4. The average molecular weight is 468 g/mol. The molecular weight excluding hydrogens is 430 g/mol. The summed E-state index contributed by atoms with van der Waals surface area (Å²) < 4.78 is 14.6. The zero-order valence-corrected chi connectivity index (χ0v) is 22.2. The van der Waals surface area contributed by atoms with Gasteiger partial charge in [0.2, 0.25) is 0 Å². The van der Waals surface area contributed by atoms with Gasteiger partial charge in [0.1, 0.15) is 12.1 Å². The molecule has 0 amide bonds. The summed E-state index contributed by atoms with van der Waals surface area (Å²) in [4.78, 5) is 24.4. The van der Waals surface area contributed by atoms with Gasteiger partial charge in [-0.05, 0) is 37.5 Å². The van der Waals surface area contributed by atoms with Crippen LogP contribution in [-0.4, -0.2) is 49.2 Å². The highest BCUT2D eigenvalue weighted by Gasteiger charge is 2.52. The predicted molar refractivity (Wildman–Crippen MR) is 133 cm³/mol. The van der Waals surface area contributed by atoms with Crippen molar-refractivity contribution in [3.8, 4) is 0 Å². The molecular formula is C26H37N3O3Si. The minimum atomic E-state index is -2.22. The number of Topliss-reactive ketones (excluding diaryl/α,β-unsaturated/α-hetero) is 1. The predicted octanol–water partition coefficient (Wildman–Crippen LogP) is 4.90. The molecule has 4 atom stereocenters. The number of fused-ring (bicyclic) bond motifs is 3. The summed E-state index contributed by atoms with van der Waals surface area (Å²) in [6.07, 6.45) is -0.606. The van der Waals surface area contributed by atoms with Crippen molar-refractivity contribution in [1.82, 2.24) is 9.55 Å². The number of hydrogen-bond acceptors (Lipinski definition) is 5. The fourth-order valence-electron chi connectivity index (χ4n) is 4.71. The van der Waals surface area contributed by atoms with Crippen LogP contribution < -0.4 is 0 Å². The number of aliphatic imine (C=N–C) groups is 1. The number of nitrogens with zero attached hydrogens (tertiary/aromatic N) is 3. The summed E-state index contributed by atoms with van der Waals surface area (Å²) in [7, 11) is -0.528. The first kappa shape index (κ1) is 24.0. The number of carbonyl (C=O) groups excluding carboxylic acids is 1. The molecule has 0 N–H and O–H groups in total. The molecule has 0 bridgehead atoms. The Hall–Kier alpha value is -2.09. The number of imidazole rings is 1. The van der Waals surface area contributed by atoms with Crippen molar-refractivity contribution >= 4 is 19.8 Å². The maximum absolute atomic E-state index is 14.3. The molecule has 3 heterocycles. The summed E-state index contributed by atoms with van der Waals surface area (Å²) in [6.45, 7) is 16.3. The highest BCUT2D eigenvalue weighted by molar-refractivity contribution is 6.74. The van der Waals surface area contributed by atoms with Crippen molar-refractivity contribution in [3.05, 3.63) is 53.1 Å². The lowest BCUT2D eigenvalue weighted by Gasteiger charge is -2.45. The minimum Gasteiger partial charge on any atom is -0.404 e. The van der Waals surface area contributed by atoms with Crippen LogP contribution in [0.25, 0.3) is 0 Å². The van der Waals surface area contributed by atoms with E-state index in [-0.39, 0.29) is 28.7 Å². The van der Waals surface area contributed by atoms with Gasteiger partial charge in [0.25, 0.3) is 0 Å². The number of carbonyl (C=O) groups is 1. The van der Waals surface area contributed by atoms with Crippen molar-refractivity contribution < 1.29 is 14.0 Å². The zero-order chi connectivity index (χ0) is 24.1. The maximum Gasteiger partial charge on any atom is 0.193 e. The molecule has 33 heavy (non-hydrogen) atoms. The minimum absolute atomic E-state index is 0.00305. The Balaban J connectivity index is 1.89. The van der Waals surface area contributed by atoms with Crippen molar-refractivity contribution in [1.29, 1.82) is 0 Å². The average Bonchev–Trinajstić information content (AvgIpc) is 3.03. The molecule has 6 nitrogen and oxygen atoms in total. The molecule has 0 fully saturated rings. The third kappa shape index (κ3) is 4.15. The lowest BCUT2D eigenvalue weighted by molar-refractivity contribution is -0.132. The third-order valence-corrected chi connectivity index (χ3v) is 12.2. The van der Waals surface area contributed by atoms with E-state index in [0.29, 0.717) is 13.2 Å². The van der Waals surface area contributed by atoms with Gasteiger partial charge in [0.05, 0.1) is 23.9 Å². The Morgan fingerprint density at radius 3 is 2.42 bits per heavy atom. The van der Waals surface area contributed by atoms with Crippen LogP contribution in [0, 0.1) is 25.7 Å². The molecule has 0 aliphatic carbocycles. The van der Waals surface area contributed by atoms with E-state index in [4.69, 9.17) is 19.1 Å². The van der Waals surface area contributed by atoms with Crippen LogP contribution in [0.2, 0.25) is 18.1 Å². The van der Waals surface area contributed by atoms with Crippen LogP contribution in [-0.2, 0) is 20.5 Å². The topological polar surface area (TPSA) is 65.7 Å². The summed E-state index contributed by atoms with van der Waals surface area (Å²) in [5.74, 6) is 0.573. The second-order valence-corrected chi connectivity index (χ2v) is 15.7. The standard InChI is InChI=1S/C26H37N3O3Si/c1-16-17(2)29-14-19(15-31-6)20-22(25(29)27-16)28-21(18-12-10-9-11-13-18)24(23(20)30)32-33(7,8)26(3,4)5/h9-13,19-21,24H,14-15H2,1-8H3/t19?,20?,21-,24-/m1/s1. The first-order valence-electron chi connectivity index (χ1n) is 11.8. The fourth-order valence-corrected chi connectivity index (χ4v) is 5.94. The first-order valence-corrected chi connectivity index (χ1v) is 14.7. The lowest BCUT2D eigenvalue weighted by Crippen LogP contribution is -2.55. The summed E-state index contributed by atoms with van der Waals surface area (Å²) >= 11 is 0. The number of ether oxygens (including phenoxy) is 1. The van der Waals surface area contributed by atoms with Crippen molar-refractivity contribution in [3.63, 3.8) is 0 Å². The van der Waals surface area contributed by atoms with Crippen LogP contribution in [0.15, 0.2) is 35.3 Å². The van der Waals surface area contributed by atoms with E-state index in [1.54, 1.807) is 7.11 Å². The van der Waals surface area contributed by atoms with Crippen LogP contribution in [0.4, 0.5) is 0 Å². The number of aryl methyl sites for hydroxylation is 1. The third-order valence-electron chi connectivity index (χ3n) is 7.77. The summed E-state index contributed by atoms with van der Waals surface area (Å²) in [5.41, 5.74) is 3.89. The van der Waals surface area contributed by atoms with Crippen molar-refractivity contribution in [2.24, 2.45) is 16.8 Å². The molecule has 7 heteroatoms. The summed E-state index contributed by atoms with van der Waals surface area (Å²) in [5, 5.41) is -0.0124. The Labute approximate surface area is 198 Å². The Morgan fingerprint density at radius 1 is 1.15 bits per heavy atom. The van der Waals surface area contributed by atoms with Gasteiger partial charge < -0.3 is 13.7 Å². The molecule has 0 spiro atoms. The number of methoxy groups -OCH3 is 1. The molecule has 178 valence electrons. The number of aromatic nitrogens is 2. The van der Waals surface area contributed by atoms with E-state index in [2.05, 4.69) is 45.4 Å². The Kier molecular flexibility index (Phi) is 6.27. The van der Waals surface area contributed by atoms with E-state index in [0.717, 1.165) is 28.5 Å². The molecule has 4 rings (SSSR count). The van der Waals surface area contributed by atoms with E-state index in [1.165, 1.54) is 0 Å². The highest BCUT2D eigenvalue weighted by Crippen LogP contribution is 2.44. The maximum atomic E-state index is 14.3. The molecule has 2 aliphatic heterocycles. The van der Waals surface area contributed by atoms with Crippen LogP contribution in [0.1, 0.15) is 49.6 Å². The van der Waals surface area contributed by atoms with E-state index in [1.807, 2.05) is 37.3 Å². The van der Waals surface area contributed by atoms with Crippen molar-refractivity contribution in [2.45, 2.75) is 71.4 Å². The van der Waals surface area contributed by atoms with Gasteiger partial charge in [-0.1, -0.05) is 51.1 Å². The van der Waals surface area contributed by atoms with Crippen LogP contribution >= 0.6 is 0 Å². The second-order valence-electron chi connectivity index (χ2n) is 11.0. The number of hydrogen-bond donors (Lipinski definition) is 0. The molecule has 0 radical (unpaired) electrons. The van der Waals surface area contributed by atoms with Crippen LogP contribution in [0.3, 0.4) is 0 Å². The number of benzene rings is 1. The van der Waals surface area contributed by atoms with E-state index >= 15 is 0 Å². The Morgan fingerprint density at radius 2 is 1.82 bits per heavy atom. The van der Waals surface area contributed by atoms with Crippen LogP contribution in [0.5, 0.6) is 0 Å². The van der Waals surface area contributed by atoms with E-state index < -0.39 is 14.4 Å². The normalized spacial score (nSPS) is 25.5. The molecule has 2 unspecified atom stereocenters. The first-order chi connectivity index (χ1) is 15.5. The van der Waals surface area contributed by atoms with Crippen molar-refractivity contribution in [2.75, 3.05) is 13.7 Å². The molecule has 1 aromatic carbocycles. The second kappa shape index (κ2) is 8.60. The van der Waals surface area contributed by atoms with Gasteiger partial charge >= 0.3 is 0 Å². The zero-order valence-electron chi connectivity index (χ0n) is 21.2. The number of ketones is 1.